The Morgan fingerprint density at radius 2 is 2.40 bits per heavy atom. The van der Waals surface area contributed by atoms with Crippen molar-refractivity contribution in [3.63, 3.8) is 0 Å². The lowest BCUT2D eigenvalue weighted by molar-refractivity contribution is 1.17. The molecule has 3 nitrogen and oxygen atoms in total. The maximum absolute atomic E-state index is 5.24. The van der Waals surface area contributed by atoms with E-state index in [4.69, 9.17) is 5.73 Å². The fourth-order valence-electron chi connectivity index (χ4n) is 0.585. The number of nitrogens with two attached hydrogens (primary N) is 1. The molecule has 2 N–H and O–H groups in total. The van der Waals surface area contributed by atoms with Crippen LogP contribution in [0, 0.1) is 0 Å². The molecular formula is C7H9N3. The van der Waals surface area contributed by atoms with Gasteiger partial charge >= 0.3 is 0 Å². The Labute approximate surface area is 59.6 Å². The van der Waals surface area contributed by atoms with E-state index in [0.717, 1.165) is 5.69 Å². The van der Waals surface area contributed by atoms with Crippen LogP contribution < -0.4 is 5.73 Å². The quantitative estimate of drug-likeness (QED) is 0.640. The zero-order chi connectivity index (χ0) is 7.23. The van der Waals surface area contributed by atoms with Gasteiger partial charge in [-0.05, 0) is 6.08 Å². The van der Waals surface area contributed by atoms with Crippen molar-refractivity contribution < 1.29 is 0 Å². The van der Waals surface area contributed by atoms with E-state index in [1.165, 1.54) is 0 Å². The molecule has 0 bridgehead atoms. The molecular weight excluding hydrogens is 126 g/mol. The molecule has 10 heavy (non-hydrogen) atoms. The molecule has 0 spiro atoms. The Kier molecular flexibility index (Phi) is 2.58. The van der Waals surface area contributed by atoms with Gasteiger partial charge in [-0.1, -0.05) is 6.08 Å². The Morgan fingerprint density at radius 3 is 3.00 bits per heavy atom. The number of hydrogen-bond acceptors (Lipinski definition) is 3. The van der Waals surface area contributed by atoms with Crippen molar-refractivity contribution in [2.75, 3.05) is 6.54 Å². The molecule has 52 valence electrons. The highest BCUT2D eigenvalue weighted by molar-refractivity contribution is 5.42. The van der Waals surface area contributed by atoms with Gasteiger partial charge in [-0.25, -0.2) is 0 Å². The van der Waals surface area contributed by atoms with Crippen molar-refractivity contribution in [1.29, 1.82) is 0 Å². The largest absolute Gasteiger partial charge is 0.327 e. The molecule has 0 fully saturated rings. The van der Waals surface area contributed by atoms with E-state index >= 15 is 0 Å². The maximum atomic E-state index is 5.24. The first kappa shape index (κ1) is 6.89. The number of hydrogen-bond donors (Lipinski definition) is 1. The first-order chi connectivity index (χ1) is 4.93. The molecule has 0 atom stereocenters. The zero-order valence-corrected chi connectivity index (χ0v) is 5.57. The number of nitrogens with zero attached hydrogens (tertiary/aromatic N) is 2. The predicted molar refractivity (Wildman–Crippen MR) is 40.1 cm³/mol. The van der Waals surface area contributed by atoms with Crippen molar-refractivity contribution in [3.8, 4) is 0 Å². The molecule has 0 saturated heterocycles. The first-order valence-corrected chi connectivity index (χ1v) is 3.06. The molecule has 0 aliphatic heterocycles. The van der Waals surface area contributed by atoms with Crippen molar-refractivity contribution in [3.05, 3.63) is 30.4 Å². The van der Waals surface area contributed by atoms with Crippen LogP contribution in [0.25, 0.3) is 6.08 Å². The van der Waals surface area contributed by atoms with Gasteiger partial charge in [0.25, 0.3) is 0 Å². The van der Waals surface area contributed by atoms with Gasteiger partial charge in [0.15, 0.2) is 0 Å². The third-order valence-corrected chi connectivity index (χ3v) is 1.01. The van der Waals surface area contributed by atoms with Crippen LogP contribution >= 0.6 is 0 Å². The summed E-state index contributed by atoms with van der Waals surface area (Å²) in [5, 5.41) is 0. The Hall–Kier alpha value is -1.22. The van der Waals surface area contributed by atoms with E-state index in [0.29, 0.717) is 6.54 Å². The lowest BCUT2D eigenvalue weighted by Gasteiger charge is -1.86. The van der Waals surface area contributed by atoms with E-state index in [1.807, 2.05) is 12.2 Å². The summed E-state index contributed by atoms with van der Waals surface area (Å²) >= 11 is 0. The minimum Gasteiger partial charge on any atom is -0.327 e. The molecule has 0 saturated carbocycles. The monoisotopic (exact) mass is 135 g/mol. The SMILES string of the molecule is NC/C=C/c1cnccn1. The Balaban J connectivity index is 2.67. The zero-order valence-electron chi connectivity index (χ0n) is 5.57. The lowest BCUT2D eigenvalue weighted by Crippen LogP contribution is -1.92. The van der Waals surface area contributed by atoms with Crippen molar-refractivity contribution in [1.82, 2.24) is 9.97 Å². The standard InChI is InChI=1S/C7H9N3/c8-3-1-2-7-6-9-4-5-10-7/h1-2,4-6H,3,8H2/b2-1+. The summed E-state index contributed by atoms with van der Waals surface area (Å²) in [4.78, 5) is 7.89. The summed E-state index contributed by atoms with van der Waals surface area (Å²) in [6.45, 7) is 0.538. The van der Waals surface area contributed by atoms with Crippen LogP contribution in [0.5, 0.6) is 0 Å². The van der Waals surface area contributed by atoms with Gasteiger partial charge in [0.2, 0.25) is 0 Å². The molecule has 1 aromatic heterocycles. The van der Waals surface area contributed by atoms with Gasteiger partial charge in [0.05, 0.1) is 11.9 Å². The van der Waals surface area contributed by atoms with Crippen LogP contribution in [0.2, 0.25) is 0 Å². The van der Waals surface area contributed by atoms with Crippen LogP contribution in [0.1, 0.15) is 5.69 Å². The second-order valence-electron chi connectivity index (χ2n) is 1.77. The Morgan fingerprint density at radius 1 is 1.50 bits per heavy atom. The molecule has 0 aliphatic carbocycles. The fraction of sp³-hybridized carbons (Fsp3) is 0.143. The molecule has 0 radical (unpaired) electrons. The number of aromatic nitrogens is 2. The normalized spacial score (nSPS) is 10.5. The van der Waals surface area contributed by atoms with Crippen LogP contribution in [0.4, 0.5) is 0 Å². The fourth-order valence-corrected chi connectivity index (χ4v) is 0.585. The van der Waals surface area contributed by atoms with Crippen molar-refractivity contribution in [2.45, 2.75) is 0 Å². The average molecular weight is 135 g/mol. The van der Waals surface area contributed by atoms with Crippen LogP contribution in [0.3, 0.4) is 0 Å². The van der Waals surface area contributed by atoms with Gasteiger partial charge in [0, 0.05) is 18.9 Å². The van der Waals surface area contributed by atoms with Gasteiger partial charge in [-0.15, -0.1) is 0 Å². The predicted octanol–water partition coefficient (Wildman–Crippen LogP) is 0.448. The van der Waals surface area contributed by atoms with Crippen LogP contribution in [-0.4, -0.2) is 16.5 Å². The first-order valence-electron chi connectivity index (χ1n) is 3.06. The van der Waals surface area contributed by atoms with Gasteiger partial charge in [0.1, 0.15) is 0 Å². The molecule has 3 heteroatoms. The highest BCUT2D eigenvalue weighted by atomic mass is 14.8. The van der Waals surface area contributed by atoms with Crippen LogP contribution in [0.15, 0.2) is 24.7 Å². The Bertz CT molecular complexity index is 205. The summed E-state index contributed by atoms with van der Waals surface area (Å²) in [6, 6.07) is 0. The van der Waals surface area contributed by atoms with E-state index in [-0.39, 0.29) is 0 Å². The van der Waals surface area contributed by atoms with Crippen LogP contribution in [-0.2, 0) is 0 Å². The summed E-state index contributed by atoms with van der Waals surface area (Å²) < 4.78 is 0. The second kappa shape index (κ2) is 3.74. The molecule has 1 heterocycles. The van der Waals surface area contributed by atoms with Gasteiger partial charge in [-0.3, -0.25) is 9.97 Å². The van der Waals surface area contributed by atoms with Crippen molar-refractivity contribution >= 4 is 6.08 Å². The van der Waals surface area contributed by atoms with E-state index < -0.39 is 0 Å². The average Bonchev–Trinajstić information content (AvgIpc) is 2.03. The highest BCUT2D eigenvalue weighted by Gasteiger charge is 1.81. The molecule has 1 rings (SSSR count). The van der Waals surface area contributed by atoms with Gasteiger partial charge in [-0.2, -0.15) is 0 Å². The van der Waals surface area contributed by atoms with E-state index in [1.54, 1.807) is 18.6 Å². The lowest BCUT2D eigenvalue weighted by atomic mass is 10.4. The van der Waals surface area contributed by atoms with Crippen molar-refractivity contribution in [2.24, 2.45) is 5.73 Å². The molecule has 0 aliphatic rings. The van der Waals surface area contributed by atoms with Gasteiger partial charge < -0.3 is 5.73 Å². The topological polar surface area (TPSA) is 51.8 Å². The summed E-state index contributed by atoms with van der Waals surface area (Å²) in [5.41, 5.74) is 6.08. The summed E-state index contributed by atoms with van der Waals surface area (Å²) in [6.07, 6.45) is 8.65. The molecule has 0 amide bonds. The summed E-state index contributed by atoms with van der Waals surface area (Å²) in [7, 11) is 0. The summed E-state index contributed by atoms with van der Waals surface area (Å²) in [5.74, 6) is 0. The molecule has 0 aromatic carbocycles. The number of rotatable bonds is 2. The maximum Gasteiger partial charge on any atom is 0.0810 e. The van der Waals surface area contributed by atoms with E-state index in [2.05, 4.69) is 9.97 Å². The second-order valence-corrected chi connectivity index (χ2v) is 1.77. The van der Waals surface area contributed by atoms with E-state index in [9.17, 15) is 0 Å². The highest BCUT2D eigenvalue weighted by Crippen LogP contribution is 1.91. The molecule has 1 aromatic rings. The molecule has 0 unspecified atom stereocenters. The third-order valence-electron chi connectivity index (χ3n) is 1.01. The minimum atomic E-state index is 0.538. The smallest absolute Gasteiger partial charge is 0.0810 e. The third kappa shape index (κ3) is 1.95. The minimum absolute atomic E-state index is 0.538.